The Hall–Kier alpha value is -2.31. The van der Waals surface area contributed by atoms with Crippen LogP contribution >= 0.6 is 0 Å². The number of carboxylic acids is 1. The summed E-state index contributed by atoms with van der Waals surface area (Å²) in [6.07, 6.45) is 2.19. The van der Waals surface area contributed by atoms with E-state index in [4.69, 9.17) is 14.6 Å². The van der Waals surface area contributed by atoms with Gasteiger partial charge in [-0.15, -0.1) is 0 Å². The molecule has 21 heavy (non-hydrogen) atoms. The minimum atomic E-state index is -0.877. The summed E-state index contributed by atoms with van der Waals surface area (Å²) in [5, 5.41) is 9.09. The standard InChI is InChI=1S/C14H18N2O5/c1-20-11-5-6-15-10(13(11)21-2)8-16-7-9(14(18)19)3-4-12(16)17/h5-6,9H,3-4,7-8H2,1-2H3,(H,18,19). The molecular formula is C14H18N2O5. The van der Waals surface area contributed by atoms with Crippen molar-refractivity contribution in [2.24, 2.45) is 5.92 Å². The van der Waals surface area contributed by atoms with Gasteiger partial charge in [0.15, 0.2) is 11.5 Å². The van der Waals surface area contributed by atoms with Crippen LogP contribution in [0.2, 0.25) is 0 Å². The Morgan fingerprint density at radius 3 is 2.86 bits per heavy atom. The summed E-state index contributed by atoms with van der Waals surface area (Å²) in [7, 11) is 3.02. The zero-order chi connectivity index (χ0) is 15.4. The molecule has 0 aromatic carbocycles. The van der Waals surface area contributed by atoms with E-state index in [2.05, 4.69) is 4.98 Å². The number of carboxylic acid groups (broad SMARTS) is 1. The van der Waals surface area contributed by atoms with Crippen molar-refractivity contribution < 1.29 is 24.2 Å². The lowest BCUT2D eigenvalue weighted by Gasteiger charge is -2.30. The fourth-order valence-electron chi connectivity index (χ4n) is 2.41. The molecule has 2 heterocycles. The molecule has 1 fully saturated rings. The van der Waals surface area contributed by atoms with Gasteiger partial charge in [0, 0.05) is 25.2 Å². The second-order valence-electron chi connectivity index (χ2n) is 4.84. The zero-order valence-corrected chi connectivity index (χ0v) is 12.0. The van der Waals surface area contributed by atoms with Gasteiger partial charge in [-0.1, -0.05) is 0 Å². The first-order chi connectivity index (χ1) is 10.1. The van der Waals surface area contributed by atoms with Crippen LogP contribution in [0.4, 0.5) is 0 Å². The summed E-state index contributed by atoms with van der Waals surface area (Å²) in [6, 6.07) is 1.67. The van der Waals surface area contributed by atoms with Gasteiger partial charge < -0.3 is 19.5 Å². The minimum Gasteiger partial charge on any atom is -0.493 e. The molecule has 2 rings (SSSR count). The van der Waals surface area contributed by atoms with Crippen molar-refractivity contribution in [2.45, 2.75) is 19.4 Å². The van der Waals surface area contributed by atoms with Crippen molar-refractivity contribution in [2.75, 3.05) is 20.8 Å². The van der Waals surface area contributed by atoms with Crippen LogP contribution in [0.25, 0.3) is 0 Å². The number of aromatic nitrogens is 1. The quantitative estimate of drug-likeness (QED) is 0.868. The Bertz CT molecular complexity index is 546. The Kier molecular flexibility index (Phi) is 4.62. The van der Waals surface area contributed by atoms with E-state index in [9.17, 15) is 9.59 Å². The first-order valence-corrected chi connectivity index (χ1v) is 6.63. The van der Waals surface area contributed by atoms with Gasteiger partial charge in [-0.25, -0.2) is 0 Å². The number of methoxy groups -OCH3 is 2. The van der Waals surface area contributed by atoms with E-state index < -0.39 is 11.9 Å². The van der Waals surface area contributed by atoms with Gasteiger partial charge in [-0.2, -0.15) is 0 Å². The number of ether oxygens (including phenoxy) is 2. The lowest BCUT2D eigenvalue weighted by atomic mass is 9.97. The molecule has 0 spiro atoms. The van der Waals surface area contributed by atoms with Crippen molar-refractivity contribution in [3.63, 3.8) is 0 Å². The summed E-state index contributed by atoms with van der Waals surface area (Å²) < 4.78 is 10.5. The Morgan fingerprint density at radius 1 is 1.48 bits per heavy atom. The highest BCUT2D eigenvalue weighted by Gasteiger charge is 2.31. The van der Waals surface area contributed by atoms with Crippen LogP contribution in [0, 0.1) is 5.92 Å². The molecule has 1 unspecified atom stereocenters. The number of carbonyl (C=O) groups excluding carboxylic acids is 1. The number of hydrogen-bond donors (Lipinski definition) is 1. The number of aliphatic carboxylic acids is 1. The van der Waals surface area contributed by atoms with Gasteiger partial charge in [0.1, 0.15) is 5.69 Å². The monoisotopic (exact) mass is 294 g/mol. The topological polar surface area (TPSA) is 89.0 Å². The fraction of sp³-hybridized carbons (Fsp3) is 0.500. The van der Waals surface area contributed by atoms with Crippen LogP contribution in [-0.2, 0) is 16.1 Å². The van der Waals surface area contributed by atoms with Crippen molar-refractivity contribution >= 4 is 11.9 Å². The third kappa shape index (κ3) is 3.24. The van der Waals surface area contributed by atoms with Gasteiger partial charge in [0.2, 0.25) is 5.91 Å². The average molecular weight is 294 g/mol. The lowest BCUT2D eigenvalue weighted by Crippen LogP contribution is -2.42. The van der Waals surface area contributed by atoms with Crippen LogP contribution in [0.1, 0.15) is 18.5 Å². The third-order valence-corrected chi connectivity index (χ3v) is 3.56. The smallest absolute Gasteiger partial charge is 0.308 e. The molecule has 1 atom stereocenters. The summed E-state index contributed by atoms with van der Waals surface area (Å²) in [5.41, 5.74) is 0.552. The molecule has 1 aliphatic heterocycles. The molecule has 7 heteroatoms. The third-order valence-electron chi connectivity index (χ3n) is 3.56. The number of hydrogen-bond acceptors (Lipinski definition) is 5. The number of likely N-dealkylation sites (tertiary alicyclic amines) is 1. The van der Waals surface area contributed by atoms with E-state index in [-0.39, 0.29) is 25.4 Å². The normalized spacial score (nSPS) is 18.5. The first-order valence-electron chi connectivity index (χ1n) is 6.63. The summed E-state index contributed by atoms with van der Waals surface area (Å²) in [4.78, 5) is 28.8. The number of carbonyl (C=O) groups is 2. The Balaban J connectivity index is 2.20. The minimum absolute atomic E-state index is 0.0702. The van der Waals surface area contributed by atoms with Crippen LogP contribution in [0.5, 0.6) is 11.5 Å². The number of rotatable bonds is 5. The molecule has 0 saturated carbocycles. The molecule has 1 saturated heterocycles. The maximum atomic E-state index is 12.0. The van der Waals surface area contributed by atoms with E-state index in [1.165, 1.54) is 19.1 Å². The fourth-order valence-corrected chi connectivity index (χ4v) is 2.41. The molecule has 1 aliphatic rings. The SMILES string of the molecule is COc1ccnc(CN2CC(C(=O)O)CCC2=O)c1OC. The molecule has 0 radical (unpaired) electrons. The lowest BCUT2D eigenvalue weighted by molar-refractivity contribution is -0.147. The number of nitrogens with zero attached hydrogens (tertiary/aromatic N) is 2. The van der Waals surface area contributed by atoms with Crippen LogP contribution in [0.3, 0.4) is 0 Å². The molecule has 0 bridgehead atoms. The molecule has 1 amide bonds. The van der Waals surface area contributed by atoms with E-state index >= 15 is 0 Å². The Morgan fingerprint density at radius 2 is 2.24 bits per heavy atom. The highest BCUT2D eigenvalue weighted by molar-refractivity contribution is 5.80. The van der Waals surface area contributed by atoms with Crippen LogP contribution < -0.4 is 9.47 Å². The Labute approximate surface area is 122 Å². The molecule has 1 N–H and O–H groups in total. The van der Waals surface area contributed by atoms with E-state index in [1.54, 1.807) is 12.3 Å². The number of piperidine rings is 1. The summed E-state index contributed by atoms with van der Waals surface area (Å²) >= 11 is 0. The second kappa shape index (κ2) is 6.43. The maximum absolute atomic E-state index is 12.0. The molecule has 114 valence electrons. The summed E-state index contributed by atoms with van der Waals surface area (Å²) in [5.74, 6) is -0.483. The summed E-state index contributed by atoms with van der Waals surface area (Å²) in [6.45, 7) is 0.402. The largest absolute Gasteiger partial charge is 0.493 e. The highest BCUT2D eigenvalue weighted by atomic mass is 16.5. The van der Waals surface area contributed by atoms with Crippen LogP contribution in [-0.4, -0.2) is 47.6 Å². The first kappa shape index (κ1) is 15.1. The molecule has 1 aromatic rings. The van der Waals surface area contributed by atoms with Gasteiger partial charge in [0.05, 0.1) is 26.7 Å². The van der Waals surface area contributed by atoms with E-state index in [0.29, 0.717) is 23.6 Å². The van der Waals surface area contributed by atoms with E-state index in [1.807, 2.05) is 0 Å². The van der Waals surface area contributed by atoms with Crippen molar-refractivity contribution in [3.8, 4) is 11.5 Å². The van der Waals surface area contributed by atoms with Crippen molar-refractivity contribution in [1.82, 2.24) is 9.88 Å². The van der Waals surface area contributed by atoms with Gasteiger partial charge in [0.25, 0.3) is 0 Å². The van der Waals surface area contributed by atoms with Gasteiger partial charge in [-0.05, 0) is 6.42 Å². The van der Waals surface area contributed by atoms with Crippen molar-refractivity contribution in [1.29, 1.82) is 0 Å². The van der Waals surface area contributed by atoms with Crippen molar-refractivity contribution in [3.05, 3.63) is 18.0 Å². The zero-order valence-electron chi connectivity index (χ0n) is 12.0. The van der Waals surface area contributed by atoms with E-state index in [0.717, 1.165) is 0 Å². The van der Waals surface area contributed by atoms with Gasteiger partial charge in [-0.3, -0.25) is 14.6 Å². The van der Waals surface area contributed by atoms with Crippen LogP contribution in [0.15, 0.2) is 12.3 Å². The maximum Gasteiger partial charge on any atom is 0.308 e. The predicted molar refractivity (Wildman–Crippen MR) is 73.1 cm³/mol. The number of amides is 1. The van der Waals surface area contributed by atoms with Gasteiger partial charge >= 0.3 is 5.97 Å². The molecule has 7 nitrogen and oxygen atoms in total. The molecule has 0 aliphatic carbocycles. The second-order valence-corrected chi connectivity index (χ2v) is 4.84. The predicted octanol–water partition coefficient (Wildman–Crippen LogP) is 0.922. The number of pyridine rings is 1. The molecule has 1 aromatic heterocycles. The molecular weight excluding hydrogens is 276 g/mol. The average Bonchev–Trinajstić information content (AvgIpc) is 2.48. The highest BCUT2D eigenvalue weighted by Crippen LogP contribution is 2.30.